The van der Waals surface area contributed by atoms with E-state index >= 15 is 0 Å². The van der Waals surface area contributed by atoms with E-state index in [0.717, 1.165) is 39.0 Å². The van der Waals surface area contributed by atoms with Crippen LogP contribution < -0.4 is 4.90 Å². The fraction of sp³-hybridized carbons (Fsp3) is 0.409. The largest absolute Gasteiger partial charge is 0.370 e. The number of para-hydroxylation sites is 1. The molecule has 0 radical (unpaired) electrons. The van der Waals surface area contributed by atoms with Crippen molar-refractivity contribution in [3.63, 3.8) is 0 Å². The highest BCUT2D eigenvalue weighted by Crippen LogP contribution is 2.36. The minimum Gasteiger partial charge on any atom is -0.370 e. The Morgan fingerprint density at radius 1 is 0.880 bits per heavy atom. The van der Waals surface area contributed by atoms with E-state index in [-0.39, 0.29) is 5.41 Å². The second-order valence-electron chi connectivity index (χ2n) is 7.32. The fourth-order valence-electron chi connectivity index (χ4n) is 4.41. The van der Waals surface area contributed by atoms with Gasteiger partial charge < -0.3 is 4.90 Å². The Labute approximate surface area is 150 Å². The number of benzene rings is 2. The van der Waals surface area contributed by atoms with Crippen LogP contribution in [-0.2, 0) is 5.41 Å². The lowest BCUT2D eigenvalue weighted by Crippen LogP contribution is -2.47. The van der Waals surface area contributed by atoms with Crippen LogP contribution in [-0.4, -0.2) is 37.1 Å². The van der Waals surface area contributed by atoms with Crippen LogP contribution in [0.1, 0.15) is 24.8 Å². The molecule has 3 nitrogen and oxygen atoms in total. The van der Waals surface area contributed by atoms with Gasteiger partial charge in [-0.1, -0.05) is 48.5 Å². The van der Waals surface area contributed by atoms with Crippen molar-refractivity contribution in [3.8, 4) is 6.07 Å². The molecule has 128 valence electrons. The highest BCUT2D eigenvalue weighted by atomic mass is 15.3. The van der Waals surface area contributed by atoms with Crippen LogP contribution >= 0.6 is 0 Å². The summed E-state index contributed by atoms with van der Waals surface area (Å²) in [6.45, 7) is 4.29. The lowest BCUT2D eigenvalue weighted by molar-refractivity contribution is 0.143. The molecule has 2 aliphatic rings. The smallest absolute Gasteiger partial charge is 0.0846 e. The van der Waals surface area contributed by atoms with Crippen molar-refractivity contribution in [1.29, 1.82) is 5.26 Å². The number of hydrogen-bond acceptors (Lipinski definition) is 3. The van der Waals surface area contributed by atoms with Gasteiger partial charge in [0.15, 0.2) is 0 Å². The van der Waals surface area contributed by atoms with Crippen molar-refractivity contribution < 1.29 is 0 Å². The van der Waals surface area contributed by atoms with E-state index in [0.29, 0.717) is 6.04 Å². The first-order valence-corrected chi connectivity index (χ1v) is 9.32. The SMILES string of the molecule is N#CC1(c2ccccc2)CCN(C2CCN(c3ccccc3)C2)CC1. The monoisotopic (exact) mass is 331 g/mol. The van der Waals surface area contributed by atoms with E-state index in [1.165, 1.54) is 17.7 Å². The predicted octanol–water partition coefficient (Wildman–Crippen LogP) is 3.82. The van der Waals surface area contributed by atoms with Crippen molar-refractivity contribution in [3.05, 3.63) is 66.2 Å². The maximum absolute atomic E-state index is 9.86. The molecular formula is C22H25N3. The zero-order valence-corrected chi connectivity index (χ0v) is 14.6. The third-order valence-corrected chi connectivity index (χ3v) is 5.99. The van der Waals surface area contributed by atoms with Crippen molar-refractivity contribution in [2.45, 2.75) is 30.7 Å². The molecule has 2 aromatic carbocycles. The lowest BCUT2D eigenvalue weighted by atomic mass is 9.74. The molecule has 2 saturated heterocycles. The first kappa shape index (κ1) is 16.2. The Hall–Kier alpha value is -2.31. The first-order valence-electron chi connectivity index (χ1n) is 9.32. The van der Waals surface area contributed by atoms with E-state index in [1.807, 2.05) is 6.07 Å². The van der Waals surface area contributed by atoms with Gasteiger partial charge >= 0.3 is 0 Å². The third kappa shape index (κ3) is 3.15. The number of hydrogen-bond donors (Lipinski definition) is 0. The topological polar surface area (TPSA) is 30.3 Å². The number of nitriles is 1. The molecule has 3 heteroatoms. The molecular weight excluding hydrogens is 306 g/mol. The maximum Gasteiger partial charge on any atom is 0.0846 e. The van der Waals surface area contributed by atoms with Crippen molar-refractivity contribution in [2.75, 3.05) is 31.1 Å². The molecule has 2 aromatic rings. The molecule has 4 rings (SSSR count). The van der Waals surface area contributed by atoms with Crippen molar-refractivity contribution in [2.24, 2.45) is 0 Å². The van der Waals surface area contributed by atoms with Gasteiger partial charge in [0.05, 0.1) is 11.5 Å². The standard InChI is InChI=1S/C22H25N3/c23-18-22(19-7-3-1-4-8-19)12-15-24(16-13-22)21-11-14-25(17-21)20-9-5-2-6-10-20/h1-10,21H,11-17H2. The minimum absolute atomic E-state index is 0.296. The summed E-state index contributed by atoms with van der Waals surface area (Å²) in [6.07, 6.45) is 3.10. The summed E-state index contributed by atoms with van der Waals surface area (Å²) >= 11 is 0. The van der Waals surface area contributed by atoms with Crippen molar-refractivity contribution in [1.82, 2.24) is 4.90 Å². The van der Waals surface area contributed by atoms with Crippen LogP contribution in [0.15, 0.2) is 60.7 Å². The lowest BCUT2D eigenvalue weighted by Gasteiger charge is -2.40. The van der Waals surface area contributed by atoms with E-state index in [9.17, 15) is 5.26 Å². The van der Waals surface area contributed by atoms with Crippen LogP contribution in [0.25, 0.3) is 0 Å². The Balaban J connectivity index is 1.40. The zero-order chi connectivity index (χ0) is 17.1. The zero-order valence-electron chi connectivity index (χ0n) is 14.6. The maximum atomic E-state index is 9.86. The molecule has 0 aliphatic carbocycles. The second-order valence-corrected chi connectivity index (χ2v) is 7.32. The molecule has 1 atom stereocenters. The van der Waals surface area contributed by atoms with Gasteiger partial charge in [0.1, 0.15) is 0 Å². The van der Waals surface area contributed by atoms with Gasteiger partial charge in [0.2, 0.25) is 0 Å². The molecule has 0 N–H and O–H groups in total. The quantitative estimate of drug-likeness (QED) is 0.856. The number of likely N-dealkylation sites (tertiary alicyclic amines) is 1. The molecule has 0 aromatic heterocycles. The third-order valence-electron chi connectivity index (χ3n) is 5.99. The molecule has 0 saturated carbocycles. The van der Waals surface area contributed by atoms with Crippen LogP contribution in [0.5, 0.6) is 0 Å². The number of nitrogens with zero attached hydrogens (tertiary/aromatic N) is 3. The molecule has 0 bridgehead atoms. The van der Waals surface area contributed by atoms with Gasteiger partial charge in [0, 0.05) is 37.9 Å². The van der Waals surface area contributed by atoms with Gasteiger partial charge in [-0.25, -0.2) is 0 Å². The summed E-state index contributed by atoms with van der Waals surface area (Å²) in [5.41, 5.74) is 2.22. The molecule has 1 unspecified atom stereocenters. The average molecular weight is 331 g/mol. The van der Waals surface area contributed by atoms with Crippen molar-refractivity contribution >= 4 is 5.69 Å². The second kappa shape index (κ2) is 6.90. The van der Waals surface area contributed by atoms with E-state index in [4.69, 9.17) is 0 Å². The van der Waals surface area contributed by atoms with Gasteiger partial charge in [-0.2, -0.15) is 5.26 Å². The van der Waals surface area contributed by atoms with E-state index in [2.05, 4.69) is 70.5 Å². The molecule has 2 aliphatic heterocycles. The highest BCUT2D eigenvalue weighted by Gasteiger charge is 2.39. The van der Waals surface area contributed by atoms with Crippen LogP contribution in [0.3, 0.4) is 0 Å². The van der Waals surface area contributed by atoms with Crippen LogP contribution in [0, 0.1) is 11.3 Å². The van der Waals surface area contributed by atoms with Gasteiger partial charge in [0.25, 0.3) is 0 Å². The molecule has 2 fully saturated rings. The van der Waals surface area contributed by atoms with E-state index in [1.54, 1.807) is 0 Å². The fourth-order valence-corrected chi connectivity index (χ4v) is 4.41. The number of anilines is 1. The van der Waals surface area contributed by atoms with Gasteiger partial charge in [-0.05, 0) is 37.0 Å². The Kier molecular flexibility index (Phi) is 4.46. The summed E-state index contributed by atoms with van der Waals surface area (Å²) in [4.78, 5) is 5.11. The molecule has 0 amide bonds. The summed E-state index contributed by atoms with van der Waals surface area (Å²) in [5, 5.41) is 9.86. The summed E-state index contributed by atoms with van der Waals surface area (Å²) < 4.78 is 0. The molecule has 25 heavy (non-hydrogen) atoms. The first-order chi connectivity index (χ1) is 12.3. The van der Waals surface area contributed by atoms with Crippen LogP contribution in [0.2, 0.25) is 0 Å². The Bertz CT molecular complexity index is 727. The Morgan fingerprint density at radius 2 is 1.52 bits per heavy atom. The van der Waals surface area contributed by atoms with Gasteiger partial charge in [-0.3, -0.25) is 4.90 Å². The van der Waals surface area contributed by atoms with E-state index < -0.39 is 0 Å². The van der Waals surface area contributed by atoms with Crippen LogP contribution in [0.4, 0.5) is 5.69 Å². The predicted molar refractivity (Wildman–Crippen MR) is 102 cm³/mol. The normalized spacial score (nSPS) is 23.3. The summed E-state index contributed by atoms with van der Waals surface area (Å²) in [7, 11) is 0. The summed E-state index contributed by atoms with van der Waals surface area (Å²) in [5.74, 6) is 0. The van der Waals surface area contributed by atoms with Gasteiger partial charge in [-0.15, -0.1) is 0 Å². The number of piperidine rings is 1. The Morgan fingerprint density at radius 3 is 2.16 bits per heavy atom. The summed E-state index contributed by atoms with van der Waals surface area (Å²) in [6, 6.07) is 24.3. The highest BCUT2D eigenvalue weighted by molar-refractivity contribution is 5.47. The average Bonchev–Trinajstić information content (AvgIpc) is 3.20. The number of rotatable bonds is 3. The molecule has 0 spiro atoms. The minimum atomic E-state index is -0.296. The molecule has 2 heterocycles.